The topological polar surface area (TPSA) is 83.6 Å². The van der Waals surface area contributed by atoms with Crippen molar-refractivity contribution in [3.63, 3.8) is 0 Å². The number of hydrogen-bond donors (Lipinski definition) is 2. The third kappa shape index (κ3) is 3.30. The van der Waals surface area contributed by atoms with Crippen LogP contribution in [0.1, 0.15) is 19.4 Å². The number of rotatable bonds is 4. The number of amides is 2. The molecule has 0 fully saturated rings. The fraction of sp³-hybridized carbons (Fsp3) is 0.385. The summed E-state index contributed by atoms with van der Waals surface area (Å²) in [4.78, 5) is 23.7. The van der Waals surface area contributed by atoms with Gasteiger partial charge in [0.2, 0.25) is 11.8 Å². The largest absolute Gasteiger partial charge is 0.380 e. The van der Waals surface area contributed by atoms with E-state index in [2.05, 4.69) is 0 Å². The highest BCUT2D eigenvalue weighted by molar-refractivity contribution is 5.90. The van der Waals surface area contributed by atoms with E-state index < -0.39 is 11.5 Å². The molecule has 0 aliphatic heterocycles. The van der Waals surface area contributed by atoms with E-state index in [9.17, 15) is 14.7 Å². The fourth-order valence-corrected chi connectivity index (χ4v) is 1.50. The second kappa shape index (κ2) is 5.18. The van der Waals surface area contributed by atoms with Gasteiger partial charge in [0.1, 0.15) is 5.60 Å². The third-order valence-corrected chi connectivity index (χ3v) is 2.88. The van der Waals surface area contributed by atoms with Crippen molar-refractivity contribution in [2.75, 3.05) is 11.9 Å². The number of primary amides is 1. The van der Waals surface area contributed by atoms with Gasteiger partial charge in [-0.1, -0.05) is 12.1 Å². The lowest BCUT2D eigenvalue weighted by molar-refractivity contribution is -0.134. The monoisotopic (exact) mass is 250 g/mol. The average molecular weight is 250 g/mol. The van der Waals surface area contributed by atoms with Crippen LogP contribution in [0.2, 0.25) is 0 Å². The number of carbonyl (C=O) groups is 2. The van der Waals surface area contributed by atoms with E-state index in [-0.39, 0.29) is 12.3 Å². The van der Waals surface area contributed by atoms with E-state index in [0.717, 1.165) is 11.3 Å². The van der Waals surface area contributed by atoms with E-state index >= 15 is 0 Å². The van der Waals surface area contributed by atoms with Crippen molar-refractivity contribution in [2.45, 2.75) is 25.9 Å². The van der Waals surface area contributed by atoms with Gasteiger partial charge in [0.05, 0.1) is 0 Å². The van der Waals surface area contributed by atoms with Crippen molar-refractivity contribution >= 4 is 17.5 Å². The van der Waals surface area contributed by atoms with Crippen LogP contribution in [0.3, 0.4) is 0 Å². The molecule has 2 amide bonds. The number of carbonyl (C=O) groups excluding carboxylic acids is 2. The van der Waals surface area contributed by atoms with E-state index in [1.807, 2.05) is 0 Å². The molecule has 18 heavy (non-hydrogen) atoms. The highest BCUT2D eigenvalue weighted by Gasteiger charge is 2.27. The summed E-state index contributed by atoms with van der Waals surface area (Å²) in [5.41, 5.74) is 5.06. The second-order valence-electron chi connectivity index (χ2n) is 4.56. The molecule has 5 nitrogen and oxygen atoms in total. The Balaban J connectivity index is 2.84. The van der Waals surface area contributed by atoms with Crippen LogP contribution in [0.5, 0.6) is 0 Å². The predicted molar refractivity (Wildman–Crippen MR) is 69.0 cm³/mol. The molecule has 1 rings (SSSR count). The summed E-state index contributed by atoms with van der Waals surface area (Å²) in [5, 5.41) is 9.77. The molecule has 1 atom stereocenters. The summed E-state index contributed by atoms with van der Waals surface area (Å²) in [6.45, 7) is 2.86. The quantitative estimate of drug-likeness (QED) is 0.813. The molecular formula is C13H18N2O3. The summed E-state index contributed by atoms with van der Waals surface area (Å²) >= 11 is 0. The molecule has 98 valence electrons. The minimum Gasteiger partial charge on any atom is -0.380 e. The van der Waals surface area contributed by atoms with Crippen molar-refractivity contribution in [3.05, 3.63) is 29.8 Å². The average Bonchev–Trinajstić information content (AvgIpc) is 2.28. The molecule has 0 radical (unpaired) electrons. The molecule has 0 spiro atoms. The van der Waals surface area contributed by atoms with E-state index in [4.69, 9.17) is 5.73 Å². The van der Waals surface area contributed by atoms with Gasteiger partial charge in [-0.3, -0.25) is 9.59 Å². The molecule has 0 aliphatic carbocycles. The zero-order chi connectivity index (χ0) is 13.9. The molecule has 1 unspecified atom stereocenters. The molecule has 5 heteroatoms. The Kier molecular flexibility index (Phi) is 4.08. The SMILES string of the molecule is CC(=O)N(C)c1ccc(CC(C)(O)C(N)=O)cc1. The van der Waals surface area contributed by atoms with E-state index in [1.54, 1.807) is 31.3 Å². The van der Waals surface area contributed by atoms with Gasteiger partial charge in [0, 0.05) is 26.1 Å². The minimum atomic E-state index is -1.56. The van der Waals surface area contributed by atoms with Crippen LogP contribution in [-0.2, 0) is 16.0 Å². The molecule has 0 aromatic heterocycles. The lowest BCUT2D eigenvalue weighted by Gasteiger charge is -2.20. The van der Waals surface area contributed by atoms with Gasteiger partial charge in [-0.2, -0.15) is 0 Å². The zero-order valence-corrected chi connectivity index (χ0v) is 10.8. The Morgan fingerprint density at radius 1 is 1.33 bits per heavy atom. The first-order chi connectivity index (χ1) is 8.24. The molecule has 0 saturated heterocycles. The Bertz CT molecular complexity index is 452. The first-order valence-corrected chi connectivity index (χ1v) is 5.59. The minimum absolute atomic E-state index is 0.0631. The molecule has 1 aromatic carbocycles. The molecular weight excluding hydrogens is 232 g/mol. The third-order valence-electron chi connectivity index (χ3n) is 2.88. The van der Waals surface area contributed by atoms with Crippen LogP contribution >= 0.6 is 0 Å². The molecule has 1 aromatic rings. The van der Waals surface area contributed by atoms with Crippen LogP contribution in [0.4, 0.5) is 5.69 Å². The molecule has 0 aliphatic rings. The first kappa shape index (κ1) is 14.2. The maximum Gasteiger partial charge on any atom is 0.249 e. The number of nitrogens with two attached hydrogens (primary N) is 1. The standard InChI is InChI=1S/C13H18N2O3/c1-9(16)15(3)11-6-4-10(5-7-11)8-13(2,18)12(14)17/h4-7,18H,8H2,1-3H3,(H2,14,17). The van der Waals surface area contributed by atoms with Crippen LogP contribution < -0.4 is 10.6 Å². The Morgan fingerprint density at radius 3 is 2.22 bits per heavy atom. The lowest BCUT2D eigenvalue weighted by atomic mass is 9.96. The van der Waals surface area contributed by atoms with E-state index in [1.165, 1.54) is 18.7 Å². The van der Waals surface area contributed by atoms with Gasteiger partial charge in [0.25, 0.3) is 0 Å². The normalized spacial score (nSPS) is 13.8. The van der Waals surface area contributed by atoms with Gasteiger partial charge in [-0.25, -0.2) is 0 Å². The molecule has 0 bridgehead atoms. The zero-order valence-electron chi connectivity index (χ0n) is 10.8. The highest BCUT2D eigenvalue weighted by atomic mass is 16.3. The van der Waals surface area contributed by atoms with Crippen LogP contribution in [0.25, 0.3) is 0 Å². The summed E-state index contributed by atoms with van der Waals surface area (Å²) in [5.74, 6) is -0.820. The van der Waals surface area contributed by atoms with Crippen molar-refractivity contribution in [1.82, 2.24) is 0 Å². The fourth-order valence-electron chi connectivity index (χ4n) is 1.50. The van der Waals surface area contributed by atoms with Gasteiger partial charge in [-0.05, 0) is 24.6 Å². The summed E-state index contributed by atoms with van der Waals surface area (Å²) < 4.78 is 0. The number of aliphatic hydroxyl groups is 1. The lowest BCUT2D eigenvalue weighted by Crippen LogP contribution is -2.42. The van der Waals surface area contributed by atoms with Crippen molar-refractivity contribution in [3.8, 4) is 0 Å². The Hall–Kier alpha value is -1.88. The predicted octanol–water partition coefficient (Wildman–Crippen LogP) is 0.448. The Morgan fingerprint density at radius 2 is 1.83 bits per heavy atom. The van der Waals surface area contributed by atoms with E-state index in [0.29, 0.717) is 0 Å². The van der Waals surface area contributed by atoms with Crippen LogP contribution in [0, 0.1) is 0 Å². The first-order valence-electron chi connectivity index (χ1n) is 5.59. The Labute approximate surface area is 106 Å². The van der Waals surface area contributed by atoms with Crippen LogP contribution in [0.15, 0.2) is 24.3 Å². The number of anilines is 1. The van der Waals surface area contributed by atoms with Crippen molar-refractivity contribution in [2.24, 2.45) is 5.73 Å². The van der Waals surface area contributed by atoms with Gasteiger partial charge < -0.3 is 15.7 Å². The number of benzene rings is 1. The van der Waals surface area contributed by atoms with Gasteiger partial charge >= 0.3 is 0 Å². The van der Waals surface area contributed by atoms with Gasteiger partial charge in [-0.15, -0.1) is 0 Å². The summed E-state index contributed by atoms with van der Waals surface area (Å²) in [6, 6.07) is 7.03. The number of hydrogen-bond acceptors (Lipinski definition) is 3. The molecule has 3 N–H and O–H groups in total. The smallest absolute Gasteiger partial charge is 0.249 e. The van der Waals surface area contributed by atoms with Crippen molar-refractivity contribution in [1.29, 1.82) is 0 Å². The maximum atomic E-state index is 11.2. The number of nitrogens with zero attached hydrogens (tertiary/aromatic N) is 1. The molecule has 0 heterocycles. The second-order valence-corrected chi connectivity index (χ2v) is 4.56. The summed E-state index contributed by atoms with van der Waals surface area (Å²) in [7, 11) is 1.68. The van der Waals surface area contributed by atoms with Gasteiger partial charge in [0.15, 0.2) is 0 Å². The maximum absolute atomic E-state index is 11.2. The van der Waals surface area contributed by atoms with Crippen molar-refractivity contribution < 1.29 is 14.7 Å². The van der Waals surface area contributed by atoms with Crippen LogP contribution in [-0.4, -0.2) is 29.6 Å². The summed E-state index contributed by atoms with van der Waals surface area (Å²) in [6.07, 6.45) is 0.145. The highest BCUT2D eigenvalue weighted by Crippen LogP contribution is 2.18. The molecule has 0 saturated carbocycles.